The topological polar surface area (TPSA) is 38.8 Å². The van der Waals surface area contributed by atoms with Gasteiger partial charge in [-0.25, -0.2) is 0 Å². The molecule has 4 nitrogen and oxygen atoms in total. The first-order chi connectivity index (χ1) is 11.7. The van der Waals surface area contributed by atoms with Crippen molar-refractivity contribution in [3.8, 4) is 0 Å². The summed E-state index contributed by atoms with van der Waals surface area (Å²) in [5, 5.41) is 0. The molecule has 0 aliphatic carbocycles. The molecular weight excluding hydrogens is 347 g/mol. The summed E-state index contributed by atoms with van der Waals surface area (Å²) in [6, 6.07) is 0. The minimum atomic E-state index is -4.25. The zero-order valence-corrected chi connectivity index (χ0v) is 17.0. The van der Waals surface area contributed by atoms with Gasteiger partial charge in [0.05, 0.1) is 24.2 Å². The van der Waals surface area contributed by atoms with E-state index in [-0.39, 0.29) is 5.97 Å². The SMILES string of the molecule is C=C(OCCC(F)(F)F)C(C)(C)CCC(C)(CC)C(=O)OCCN(C)C. The number of carbonyl (C=O) groups is 1. The average Bonchev–Trinajstić information content (AvgIpc) is 2.50. The van der Waals surface area contributed by atoms with E-state index in [1.807, 2.05) is 46.7 Å². The van der Waals surface area contributed by atoms with Gasteiger partial charge >= 0.3 is 12.1 Å². The monoisotopic (exact) mass is 381 g/mol. The van der Waals surface area contributed by atoms with Crippen LogP contribution in [0.5, 0.6) is 0 Å². The van der Waals surface area contributed by atoms with Gasteiger partial charge in [0.15, 0.2) is 0 Å². The molecule has 0 aliphatic heterocycles. The van der Waals surface area contributed by atoms with Crippen molar-refractivity contribution in [2.24, 2.45) is 10.8 Å². The number of carbonyl (C=O) groups excluding carboxylic acids is 1. The van der Waals surface area contributed by atoms with E-state index in [0.717, 1.165) is 0 Å². The predicted molar refractivity (Wildman–Crippen MR) is 96.7 cm³/mol. The van der Waals surface area contributed by atoms with Gasteiger partial charge in [-0.15, -0.1) is 0 Å². The van der Waals surface area contributed by atoms with Crippen LogP contribution >= 0.6 is 0 Å². The molecule has 0 bridgehead atoms. The molecule has 0 aliphatic rings. The first-order valence-corrected chi connectivity index (χ1v) is 8.94. The molecule has 0 amide bonds. The lowest BCUT2D eigenvalue weighted by Crippen LogP contribution is -2.33. The number of hydrogen-bond donors (Lipinski definition) is 0. The summed E-state index contributed by atoms with van der Waals surface area (Å²) in [6.07, 6.45) is -3.54. The van der Waals surface area contributed by atoms with Crippen molar-refractivity contribution in [3.05, 3.63) is 12.3 Å². The Labute approximate surface area is 155 Å². The van der Waals surface area contributed by atoms with Crippen molar-refractivity contribution >= 4 is 5.97 Å². The van der Waals surface area contributed by atoms with Crippen molar-refractivity contribution in [1.29, 1.82) is 0 Å². The molecule has 26 heavy (non-hydrogen) atoms. The number of alkyl halides is 3. The summed E-state index contributed by atoms with van der Waals surface area (Å²) in [7, 11) is 3.81. The third-order valence-corrected chi connectivity index (χ3v) is 4.76. The Hall–Kier alpha value is -1.24. The average molecular weight is 381 g/mol. The molecule has 0 aromatic rings. The highest BCUT2D eigenvalue weighted by Crippen LogP contribution is 2.38. The molecule has 0 spiro atoms. The molecule has 0 N–H and O–H groups in total. The smallest absolute Gasteiger partial charge is 0.392 e. The molecule has 0 aromatic carbocycles. The number of esters is 1. The highest BCUT2D eigenvalue weighted by molar-refractivity contribution is 5.76. The van der Waals surface area contributed by atoms with Gasteiger partial charge in [0, 0.05) is 12.0 Å². The Kier molecular flexibility index (Phi) is 9.70. The van der Waals surface area contributed by atoms with E-state index < -0.39 is 30.0 Å². The van der Waals surface area contributed by atoms with Crippen LogP contribution in [0.2, 0.25) is 0 Å². The van der Waals surface area contributed by atoms with E-state index in [9.17, 15) is 18.0 Å². The lowest BCUT2D eigenvalue weighted by molar-refractivity contribution is -0.156. The van der Waals surface area contributed by atoms with Crippen LogP contribution in [0, 0.1) is 10.8 Å². The number of allylic oxidation sites excluding steroid dienone is 1. The molecule has 0 saturated carbocycles. The molecular formula is C19H34F3NO3. The van der Waals surface area contributed by atoms with E-state index in [2.05, 4.69) is 6.58 Å². The molecule has 0 heterocycles. The van der Waals surface area contributed by atoms with Crippen molar-refractivity contribution in [1.82, 2.24) is 4.90 Å². The Morgan fingerprint density at radius 3 is 2.04 bits per heavy atom. The van der Waals surface area contributed by atoms with E-state index in [1.165, 1.54) is 0 Å². The first kappa shape index (κ1) is 24.8. The summed E-state index contributed by atoms with van der Waals surface area (Å²) in [4.78, 5) is 14.4. The van der Waals surface area contributed by atoms with Gasteiger partial charge in [0.1, 0.15) is 6.61 Å². The minimum absolute atomic E-state index is 0.249. The second kappa shape index (κ2) is 10.2. The van der Waals surface area contributed by atoms with Crippen LogP contribution in [0.4, 0.5) is 13.2 Å². The van der Waals surface area contributed by atoms with Crippen LogP contribution in [0.3, 0.4) is 0 Å². The second-order valence-electron chi connectivity index (χ2n) is 7.87. The quantitative estimate of drug-likeness (QED) is 0.360. The Bertz CT molecular complexity index is 461. The fourth-order valence-corrected chi connectivity index (χ4v) is 2.13. The molecule has 0 rings (SSSR count). The van der Waals surface area contributed by atoms with Crippen molar-refractivity contribution in [2.75, 3.05) is 33.9 Å². The number of rotatable bonds is 12. The maximum atomic E-state index is 12.4. The van der Waals surface area contributed by atoms with Crippen LogP contribution < -0.4 is 0 Å². The molecule has 7 heteroatoms. The van der Waals surface area contributed by atoms with Crippen LogP contribution in [-0.4, -0.2) is 50.9 Å². The van der Waals surface area contributed by atoms with Crippen LogP contribution in [0.15, 0.2) is 12.3 Å². The standard InChI is InChI=1S/C19H34F3NO3/c1-8-18(5,16(24)26-14-12-23(6)7)10-9-17(3,4)15(2)25-13-11-19(20,21)22/h2,8-14H2,1,3-7H3. The number of likely N-dealkylation sites (N-methyl/N-ethyl adjacent to an activating group) is 1. The van der Waals surface area contributed by atoms with Crippen molar-refractivity contribution in [3.63, 3.8) is 0 Å². The van der Waals surface area contributed by atoms with E-state index in [4.69, 9.17) is 9.47 Å². The van der Waals surface area contributed by atoms with E-state index >= 15 is 0 Å². The normalized spacial score (nSPS) is 14.8. The lowest BCUT2D eigenvalue weighted by Gasteiger charge is -2.32. The molecule has 0 fully saturated rings. The molecule has 1 unspecified atom stereocenters. The van der Waals surface area contributed by atoms with Crippen LogP contribution in [0.1, 0.15) is 53.4 Å². The maximum Gasteiger partial charge on any atom is 0.392 e. The first-order valence-electron chi connectivity index (χ1n) is 8.94. The van der Waals surface area contributed by atoms with E-state index in [1.54, 1.807) is 0 Å². The summed E-state index contributed by atoms with van der Waals surface area (Å²) < 4.78 is 47.3. The number of nitrogens with zero attached hydrogens (tertiary/aromatic N) is 1. The third kappa shape index (κ3) is 9.46. The second-order valence-corrected chi connectivity index (χ2v) is 7.87. The van der Waals surface area contributed by atoms with Gasteiger partial charge in [0.2, 0.25) is 0 Å². The molecule has 0 saturated heterocycles. The maximum absolute atomic E-state index is 12.4. The molecule has 154 valence electrons. The Balaban J connectivity index is 4.61. The fourth-order valence-electron chi connectivity index (χ4n) is 2.13. The zero-order chi connectivity index (χ0) is 20.6. The molecule has 0 aromatic heterocycles. The van der Waals surface area contributed by atoms with Crippen molar-refractivity contribution in [2.45, 2.75) is 59.6 Å². The summed E-state index contributed by atoms with van der Waals surface area (Å²) in [5.74, 6) is 0.0578. The Morgan fingerprint density at radius 1 is 1.00 bits per heavy atom. The summed E-state index contributed by atoms with van der Waals surface area (Å²) in [6.45, 7) is 11.8. The Morgan fingerprint density at radius 2 is 1.58 bits per heavy atom. The molecule has 1 atom stereocenters. The van der Waals surface area contributed by atoms with Gasteiger partial charge in [-0.2, -0.15) is 13.2 Å². The van der Waals surface area contributed by atoms with Gasteiger partial charge in [0.25, 0.3) is 0 Å². The fraction of sp³-hybridized carbons (Fsp3) is 0.842. The number of ether oxygens (including phenoxy) is 2. The number of halogens is 3. The van der Waals surface area contributed by atoms with Crippen LogP contribution in [0.25, 0.3) is 0 Å². The summed E-state index contributed by atoms with van der Waals surface area (Å²) >= 11 is 0. The largest absolute Gasteiger partial charge is 0.498 e. The van der Waals surface area contributed by atoms with Crippen molar-refractivity contribution < 1.29 is 27.4 Å². The van der Waals surface area contributed by atoms with Gasteiger partial charge in [-0.3, -0.25) is 4.79 Å². The number of hydrogen-bond acceptors (Lipinski definition) is 4. The highest BCUT2D eigenvalue weighted by atomic mass is 19.4. The van der Waals surface area contributed by atoms with Gasteiger partial charge < -0.3 is 14.4 Å². The predicted octanol–water partition coefficient (Wildman–Crippen LogP) is 4.80. The van der Waals surface area contributed by atoms with Gasteiger partial charge in [-0.05, 0) is 40.3 Å². The third-order valence-electron chi connectivity index (χ3n) is 4.76. The minimum Gasteiger partial charge on any atom is -0.498 e. The zero-order valence-electron chi connectivity index (χ0n) is 17.0. The lowest BCUT2D eigenvalue weighted by atomic mass is 9.76. The highest BCUT2D eigenvalue weighted by Gasteiger charge is 2.36. The van der Waals surface area contributed by atoms with Crippen LogP contribution in [-0.2, 0) is 14.3 Å². The van der Waals surface area contributed by atoms with Gasteiger partial charge in [-0.1, -0.05) is 27.4 Å². The molecule has 0 radical (unpaired) electrons. The van der Waals surface area contributed by atoms with E-state index in [0.29, 0.717) is 38.2 Å². The summed E-state index contributed by atoms with van der Waals surface area (Å²) in [5.41, 5.74) is -1.18.